The van der Waals surface area contributed by atoms with Crippen molar-refractivity contribution in [3.8, 4) is 0 Å². The maximum Gasteiger partial charge on any atom is 0.0614 e. The molecule has 0 rings (SSSR count). The average molecular weight is 291 g/mol. The minimum absolute atomic E-state index is 0.132. The third-order valence-corrected chi connectivity index (χ3v) is 3.49. The highest BCUT2D eigenvalue weighted by molar-refractivity contribution is 5.07. The van der Waals surface area contributed by atoms with E-state index in [1.54, 1.807) is 0 Å². The molecule has 21 heavy (non-hydrogen) atoms. The van der Waals surface area contributed by atoms with Crippen molar-refractivity contribution in [2.24, 2.45) is 0 Å². The molecular weight excluding hydrogens is 256 g/mol. The van der Waals surface area contributed by atoms with Crippen molar-refractivity contribution in [3.05, 3.63) is 46.6 Å². The van der Waals surface area contributed by atoms with Crippen LogP contribution in [0.2, 0.25) is 0 Å². The fourth-order valence-corrected chi connectivity index (χ4v) is 2.04. The summed E-state index contributed by atoms with van der Waals surface area (Å²) in [6, 6.07) is 0.797. The molecule has 0 heterocycles. The van der Waals surface area contributed by atoms with Crippen LogP contribution in [-0.4, -0.2) is 11.7 Å². The van der Waals surface area contributed by atoms with E-state index in [9.17, 15) is 0 Å². The number of allylic oxidation sites excluding steroid dienone is 7. The Morgan fingerprint density at radius 3 is 1.90 bits per heavy atom. The molecule has 120 valence electrons. The molecule has 1 N–H and O–H groups in total. The van der Waals surface area contributed by atoms with Crippen LogP contribution in [0.1, 0.15) is 74.5 Å². The van der Waals surface area contributed by atoms with Crippen molar-refractivity contribution < 1.29 is 6.48 Å². The van der Waals surface area contributed by atoms with Crippen molar-refractivity contribution in [2.45, 2.75) is 73.1 Å². The SMILES string of the molecule is [2H]/C(CC/C(C)=C/CC/C(C)=C/CO)=C(/C)CCC=C(C)C. The molecule has 0 saturated heterocycles. The first-order valence-electron chi connectivity index (χ1n) is 8.57. The number of hydrogen-bond acceptors (Lipinski definition) is 1. The van der Waals surface area contributed by atoms with Crippen LogP contribution in [0.5, 0.6) is 0 Å². The van der Waals surface area contributed by atoms with Gasteiger partial charge in [0.1, 0.15) is 0 Å². The minimum atomic E-state index is 0.132. The number of aliphatic hydroxyl groups is 1. The van der Waals surface area contributed by atoms with Crippen molar-refractivity contribution in [3.63, 3.8) is 0 Å². The topological polar surface area (TPSA) is 20.2 Å². The van der Waals surface area contributed by atoms with E-state index >= 15 is 0 Å². The summed E-state index contributed by atoms with van der Waals surface area (Å²) in [5, 5.41) is 8.81. The molecule has 0 aliphatic carbocycles. The van der Waals surface area contributed by atoms with Crippen LogP contribution in [0, 0.1) is 0 Å². The first kappa shape index (κ1) is 18.0. The molecule has 0 aliphatic heterocycles. The van der Waals surface area contributed by atoms with Gasteiger partial charge < -0.3 is 5.11 Å². The van der Waals surface area contributed by atoms with E-state index in [1.165, 1.54) is 22.3 Å². The Hall–Kier alpha value is -1.08. The molecular formula is C20H34O. The van der Waals surface area contributed by atoms with E-state index in [1.807, 2.05) is 6.08 Å². The van der Waals surface area contributed by atoms with E-state index in [0.717, 1.165) is 44.6 Å². The molecule has 0 spiro atoms. The van der Waals surface area contributed by atoms with E-state index < -0.39 is 0 Å². The molecule has 0 radical (unpaired) electrons. The van der Waals surface area contributed by atoms with Crippen LogP contribution in [0.15, 0.2) is 46.6 Å². The maximum absolute atomic E-state index is 8.81. The normalized spacial score (nSPS) is 14.7. The Morgan fingerprint density at radius 1 is 0.762 bits per heavy atom. The molecule has 0 aromatic carbocycles. The average Bonchev–Trinajstić information content (AvgIpc) is 2.44. The molecule has 0 saturated carbocycles. The van der Waals surface area contributed by atoms with Crippen LogP contribution < -0.4 is 0 Å². The Bertz CT molecular complexity index is 435. The van der Waals surface area contributed by atoms with Crippen LogP contribution in [0.3, 0.4) is 0 Å². The zero-order valence-electron chi connectivity index (χ0n) is 15.6. The van der Waals surface area contributed by atoms with Crippen molar-refractivity contribution in [1.29, 1.82) is 0 Å². The molecule has 0 fully saturated rings. The fraction of sp³-hybridized carbons (Fsp3) is 0.600. The highest BCUT2D eigenvalue weighted by atomic mass is 16.2. The second-order valence-corrected chi connectivity index (χ2v) is 6.10. The van der Waals surface area contributed by atoms with Crippen molar-refractivity contribution in [1.82, 2.24) is 0 Å². The highest BCUT2D eigenvalue weighted by Gasteiger charge is 1.93. The van der Waals surface area contributed by atoms with Gasteiger partial charge in [0.2, 0.25) is 0 Å². The molecule has 1 nitrogen and oxygen atoms in total. The molecule has 1 heteroatoms. The molecule has 0 unspecified atom stereocenters. The summed E-state index contributed by atoms with van der Waals surface area (Å²) >= 11 is 0. The third kappa shape index (κ3) is 13.7. The molecule has 0 amide bonds. The van der Waals surface area contributed by atoms with Gasteiger partial charge in [0.15, 0.2) is 0 Å². The maximum atomic E-state index is 8.81. The molecule has 0 aliphatic rings. The van der Waals surface area contributed by atoms with Gasteiger partial charge in [-0.3, -0.25) is 0 Å². The summed E-state index contributed by atoms with van der Waals surface area (Å²) in [6.07, 6.45) is 12.2. The van der Waals surface area contributed by atoms with Crippen molar-refractivity contribution >= 4 is 0 Å². The quantitative estimate of drug-likeness (QED) is 0.480. The van der Waals surface area contributed by atoms with E-state index in [0.29, 0.717) is 0 Å². The van der Waals surface area contributed by atoms with Gasteiger partial charge in [-0.25, -0.2) is 0 Å². The lowest BCUT2D eigenvalue weighted by molar-refractivity contribution is 0.341. The summed E-state index contributed by atoms with van der Waals surface area (Å²) in [7, 11) is 0. The van der Waals surface area contributed by atoms with Gasteiger partial charge in [-0.2, -0.15) is 0 Å². The van der Waals surface area contributed by atoms with Gasteiger partial charge in [0.05, 0.1) is 7.98 Å². The Morgan fingerprint density at radius 2 is 1.29 bits per heavy atom. The van der Waals surface area contributed by atoms with E-state index in [-0.39, 0.29) is 6.61 Å². The third-order valence-electron chi connectivity index (χ3n) is 3.49. The predicted molar refractivity (Wildman–Crippen MR) is 95.5 cm³/mol. The van der Waals surface area contributed by atoms with Crippen LogP contribution in [-0.2, 0) is 0 Å². The largest absolute Gasteiger partial charge is 0.392 e. The van der Waals surface area contributed by atoms with Crippen LogP contribution in [0.4, 0.5) is 0 Å². The second kappa shape index (κ2) is 12.6. The first-order valence-corrected chi connectivity index (χ1v) is 8.07. The van der Waals surface area contributed by atoms with Gasteiger partial charge in [0.25, 0.3) is 0 Å². The Balaban J connectivity index is 4.18. The van der Waals surface area contributed by atoms with E-state index in [2.05, 4.69) is 46.8 Å². The monoisotopic (exact) mass is 291 g/mol. The lowest BCUT2D eigenvalue weighted by Gasteiger charge is -2.02. The van der Waals surface area contributed by atoms with Gasteiger partial charge in [-0.05, 0) is 73.1 Å². The summed E-state index contributed by atoms with van der Waals surface area (Å²) in [6.45, 7) is 10.7. The number of rotatable bonds is 10. The van der Waals surface area contributed by atoms with Crippen molar-refractivity contribution in [2.75, 3.05) is 6.61 Å². The lowest BCUT2D eigenvalue weighted by Crippen LogP contribution is -1.83. The second-order valence-electron chi connectivity index (χ2n) is 6.10. The van der Waals surface area contributed by atoms with Gasteiger partial charge in [0, 0.05) is 0 Å². The Kier molecular flexibility index (Phi) is 10.8. The Labute approximate surface area is 133 Å². The predicted octanol–water partition coefficient (Wildman–Crippen LogP) is 6.12. The van der Waals surface area contributed by atoms with Gasteiger partial charge in [-0.15, -0.1) is 0 Å². The minimum Gasteiger partial charge on any atom is -0.392 e. The van der Waals surface area contributed by atoms with Crippen LogP contribution in [0.25, 0.3) is 0 Å². The van der Waals surface area contributed by atoms with Crippen LogP contribution >= 0.6 is 0 Å². The zero-order chi connectivity index (χ0) is 17.0. The van der Waals surface area contributed by atoms with Gasteiger partial charge >= 0.3 is 0 Å². The molecule has 0 aromatic rings. The molecule has 0 aromatic heterocycles. The number of aliphatic hydroxyl groups excluding tert-OH is 1. The highest BCUT2D eigenvalue weighted by Crippen LogP contribution is 2.13. The summed E-state index contributed by atoms with van der Waals surface area (Å²) in [5.41, 5.74) is 5.16. The smallest absolute Gasteiger partial charge is 0.0614 e. The molecule has 0 atom stereocenters. The standard InChI is InChI=1S/C20H34O/c1-17(2)9-6-10-18(3)11-7-12-19(4)13-8-14-20(5)15-16-21/h9,11,13,15,21H,6-8,10,12,14,16H2,1-5H3/b18-11+,19-13+,20-15+/i11D. The summed E-state index contributed by atoms with van der Waals surface area (Å²) < 4.78 is 8.15. The fourth-order valence-electron chi connectivity index (χ4n) is 2.04. The first-order chi connectivity index (χ1) is 10.4. The lowest BCUT2D eigenvalue weighted by atomic mass is 10.0. The van der Waals surface area contributed by atoms with Gasteiger partial charge in [-0.1, -0.05) is 46.6 Å². The molecule has 0 bridgehead atoms. The summed E-state index contributed by atoms with van der Waals surface area (Å²) in [5.74, 6) is 0. The number of hydrogen-bond donors (Lipinski definition) is 1. The zero-order valence-corrected chi connectivity index (χ0v) is 14.6. The van der Waals surface area contributed by atoms with E-state index in [4.69, 9.17) is 6.48 Å². The summed E-state index contributed by atoms with van der Waals surface area (Å²) in [4.78, 5) is 0.